The van der Waals surface area contributed by atoms with E-state index in [1.807, 2.05) is 6.07 Å². The summed E-state index contributed by atoms with van der Waals surface area (Å²) in [5.74, 6) is 0.543. The first-order valence-electron chi connectivity index (χ1n) is 11.6. The molecule has 160 valence electrons. The molecule has 1 saturated heterocycles. The Bertz CT molecular complexity index is 881. The van der Waals surface area contributed by atoms with Crippen LogP contribution in [0.3, 0.4) is 0 Å². The molecule has 0 bridgehead atoms. The second kappa shape index (κ2) is 8.93. The van der Waals surface area contributed by atoms with E-state index in [4.69, 9.17) is 0 Å². The molecule has 2 aromatic rings. The maximum Gasteiger partial charge on any atom is 0.223 e. The lowest BCUT2D eigenvalue weighted by Gasteiger charge is -2.33. The van der Waals surface area contributed by atoms with Gasteiger partial charge in [-0.3, -0.25) is 9.69 Å². The van der Waals surface area contributed by atoms with Gasteiger partial charge in [-0.15, -0.1) is 0 Å². The maximum atomic E-state index is 12.7. The number of rotatable bonds is 7. The molecule has 0 radical (unpaired) electrons. The molecule has 1 saturated carbocycles. The lowest BCUT2D eigenvalue weighted by Crippen LogP contribution is -2.37. The number of amides is 1. The second-order valence-electron chi connectivity index (χ2n) is 9.64. The number of carbonyl (C=O) groups is 1. The minimum absolute atomic E-state index is 0.250. The van der Waals surface area contributed by atoms with Gasteiger partial charge in [-0.05, 0) is 99.2 Å². The summed E-state index contributed by atoms with van der Waals surface area (Å²) in [6.07, 6.45) is 5.47. The van der Waals surface area contributed by atoms with Gasteiger partial charge in [0.15, 0.2) is 0 Å². The van der Waals surface area contributed by atoms with Crippen molar-refractivity contribution in [1.29, 1.82) is 0 Å². The number of piperidine rings is 1. The normalized spacial score (nSPS) is 20.3. The Kier molecular flexibility index (Phi) is 6.29. The summed E-state index contributed by atoms with van der Waals surface area (Å²) in [6.45, 7) is 10.7. The Hall–Kier alpha value is -2.13. The van der Waals surface area contributed by atoms with E-state index in [0.29, 0.717) is 5.91 Å². The van der Waals surface area contributed by atoms with Crippen LogP contribution in [-0.4, -0.2) is 30.4 Å². The van der Waals surface area contributed by atoms with Crippen LogP contribution in [0, 0.1) is 32.1 Å². The van der Waals surface area contributed by atoms with Crippen LogP contribution in [0.15, 0.2) is 42.5 Å². The summed E-state index contributed by atoms with van der Waals surface area (Å²) in [6, 6.07) is 15.2. The first-order chi connectivity index (χ1) is 14.5. The largest absolute Gasteiger partial charge is 0.356 e. The summed E-state index contributed by atoms with van der Waals surface area (Å²) in [7, 11) is 0. The monoisotopic (exact) mass is 404 g/mol. The van der Waals surface area contributed by atoms with E-state index in [-0.39, 0.29) is 11.3 Å². The van der Waals surface area contributed by atoms with E-state index in [0.717, 1.165) is 45.4 Å². The highest BCUT2D eigenvalue weighted by molar-refractivity contribution is 5.82. The van der Waals surface area contributed by atoms with Gasteiger partial charge in [-0.2, -0.15) is 0 Å². The standard InChI is InChI=1S/C27H36N2O/c1-20-16-22(3)24(17-21(20)2)19-29-14-11-27(12-15-29)18-25(27)26(30)28-13-7-10-23-8-5-4-6-9-23/h4-6,8-9,16-17,25H,7,10-15,18-19H2,1-3H3,(H,28,30)/t25-/m0/s1. The molecule has 1 aliphatic heterocycles. The van der Waals surface area contributed by atoms with Crippen LogP contribution in [0.2, 0.25) is 0 Å². The Morgan fingerprint density at radius 1 is 1.03 bits per heavy atom. The van der Waals surface area contributed by atoms with Gasteiger partial charge in [-0.25, -0.2) is 0 Å². The molecule has 0 aromatic heterocycles. The number of nitrogens with one attached hydrogen (secondary N) is 1. The first-order valence-corrected chi connectivity index (χ1v) is 11.6. The Morgan fingerprint density at radius 3 is 2.47 bits per heavy atom. The van der Waals surface area contributed by atoms with Crippen LogP contribution in [0.25, 0.3) is 0 Å². The zero-order valence-electron chi connectivity index (χ0n) is 18.8. The highest BCUT2D eigenvalue weighted by atomic mass is 16.2. The average molecular weight is 405 g/mol. The highest BCUT2D eigenvalue weighted by Gasteiger charge is 2.58. The summed E-state index contributed by atoms with van der Waals surface area (Å²) in [4.78, 5) is 15.2. The fourth-order valence-corrected chi connectivity index (χ4v) is 5.13. The van der Waals surface area contributed by atoms with Gasteiger partial charge in [0.1, 0.15) is 0 Å². The number of aryl methyl sites for hydroxylation is 4. The molecule has 3 nitrogen and oxygen atoms in total. The first kappa shape index (κ1) is 21.1. The van der Waals surface area contributed by atoms with E-state index in [1.165, 1.54) is 40.7 Å². The molecule has 4 rings (SSSR count). The third-order valence-electron chi connectivity index (χ3n) is 7.49. The SMILES string of the molecule is Cc1cc(C)c(CN2CCC3(CC2)C[C@H]3C(=O)NCCCc2ccccc2)cc1C. The van der Waals surface area contributed by atoms with Gasteiger partial charge >= 0.3 is 0 Å². The summed E-state index contributed by atoms with van der Waals surface area (Å²) in [5.41, 5.74) is 7.26. The van der Waals surface area contributed by atoms with E-state index in [9.17, 15) is 4.79 Å². The predicted octanol–water partition coefficient (Wildman–Crippen LogP) is 4.96. The van der Waals surface area contributed by atoms with Crippen LogP contribution < -0.4 is 5.32 Å². The smallest absolute Gasteiger partial charge is 0.223 e. The average Bonchev–Trinajstić information content (AvgIpc) is 3.45. The topological polar surface area (TPSA) is 32.3 Å². The van der Waals surface area contributed by atoms with Crippen LogP contribution in [0.5, 0.6) is 0 Å². The van der Waals surface area contributed by atoms with E-state index >= 15 is 0 Å². The Labute approximate surface area is 181 Å². The molecular weight excluding hydrogens is 368 g/mol. The minimum atomic E-state index is 0.250. The molecule has 1 heterocycles. The molecule has 2 fully saturated rings. The number of likely N-dealkylation sites (tertiary alicyclic amines) is 1. The van der Waals surface area contributed by atoms with Crippen molar-refractivity contribution in [1.82, 2.24) is 10.2 Å². The third-order valence-corrected chi connectivity index (χ3v) is 7.49. The van der Waals surface area contributed by atoms with E-state index < -0.39 is 0 Å². The van der Waals surface area contributed by atoms with Crippen molar-refractivity contribution < 1.29 is 4.79 Å². The lowest BCUT2D eigenvalue weighted by molar-refractivity contribution is -0.123. The maximum absolute atomic E-state index is 12.7. The van der Waals surface area contributed by atoms with Crippen LogP contribution in [0.1, 0.15) is 53.5 Å². The fraction of sp³-hybridized carbons (Fsp3) is 0.519. The minimum Gasteiger partial charge on any atom is -0.356 e. The summed E-state index contributed by atoms with van der Waals surface area (Å²) in [5, 5.41) is 3.20. The van der Waals surface area contributed by atoms with Crippen molar-refractivity contribution in [2.45, 2.75) is 59.4 Å². The number of hydrogen-bond donors (Lipinski definition) is 1. The van der Waals surface area contributed by atoms with Crippen molar-refractivity contribution in [3.8, 4) is 0 Å². The van der Waals surface area contributed by atoms with Gasteiger partial charge in [-0.1, -0.05) is 42.5 Å². The zero-order valence-corrected chi connectivity index (χ0v) is 18.8. The second-order valence-corrected chi connectivity index (χ2v) is 9.64. The number of benzene rings is 2. The van der Waals surface area contributed by atoms with Crippen LogP contribution in [0.4, 0.5) is 0 Å². The van der Waals surface area contributed by atoms with Gasteiger partial charge in [0.05, 0.1) is 0 Å². The molecule has 1 N–H and O–H groups in total. The summed E-state index contributed by atoms with van der Waals surface area (Å²) >= 11 is 0. The molecule has 1 amide bonds. The van der Waals surface area contributed by atoms with Crippen molar-refractivity contribution in [2.75, 3.05) is 19.6 Å². The number of hydrogen-bond acceptors (Lipinski definition) is 2. The predicted molar refractivity (Wildman–Crippen MR) is 123 cm³/mol. The molecule has 30 heavy (non-hydrogen) atoms. The Balaban J connectivity index is 1.20. The number of carbonyl (C=O) groups excluding carboxylic acids is 1. The van der Waals surface area contributed by atoms with Crippen molar-refractivity contribution in [2.24, 2.45) is 11.3 Å². The van der Waals surface area contributed by atoms with Crippen molar-refractivity contribution >= 4 is 5.91 Å². The molecular formula is C27H36N2O. The lowest BCUT2D eigenvalue weighted by atomic mass is 9.90. The molecule has 2 aliphatic rings. The third kappa shape index (κ3) is 4.78. The van der Waals surface area contributed by atoms with Crippen molar-refractivity contribution in [3.05, 3.63) is 70.3 Å². The quantitative estimate of drug-likeness (QED) is 0.661. The summed E-state index contributed by atoms with van der Waals surface area (Å²) < 4.78 is 0. The molecule has 1 aliphatic carbocycles. The molecule has 1 spiro atoms. The fourth-order valence-electron chi connectivity index (χ4n) is 5.13. The van der Waals surface area contributed by atoms with Gasteiger partial charge in [0, 0.05) is 19.0 Å². The van der Waals surface area contributed by atoms with Gasteiger partial charge in [0.2, 0.25) is 5.91 Å². The highest BCUT2D eigenvalue weighted by Crippen LogP contribution is 2.59. The molecule has 3 heteroatoms. The van der Waals surface area contributed by atoms with E-state index in [2.05, 4.69) is 67.4 Å². The van der Waals surface area contributed by atoms with Gasteiger partial charge in [0.25, 0.3) is 0 Å². The Morgan fingerprint density at radius 2 is 1.73 bits per heavy atom. The molecule has 2 aromatic carbocycles. The molecule has 1 atom stereocenters. The zero-order chi connectivity index (χ0) is 21.1. The molecule has 0 unspecified atom stereocenters. The van der Waals surface area contributed by atoms with E-state index in [1.54, 1.807) is 0 Å². The van der Waals surface area contributed by atoms with Crippen LogP contribution in [-0.2, 0) is 17.8 Å². The number of nitrogens with zero attached hydrogens (tertiary/aromatic N) is 1. The van der Waals surface area contributed by atoms with Crippen molar-refractivity contribution in [3.63, 3.8) is 0 Å². The van der Waals surface area contributed by atoms with Gasteiger partial charge < -0.3 is 5.32 Å². The van der Waals surface area contributed by atoms with Crippen LogP contribution >= 0.6 is 0 Å².